The maximum atomic E-state index is 11.3. The van der Waals surface area contributed by atoms with Crippen LogP contribution >= 0.6 is 0 Å². The van der Waals surface area contributed by atoms with Gasteiger partial charge in [-0.25, -0.2) is 9.59 Å². The van der Waals surface area contributed by atoms with Crippen LogP contribution in [0.5, 0.6) is 0 Å². The maximum absolute atomic E-state index is 11.3. The topological polar surface area (TPSA) is 64.6 Å². The summed E-state index contributed by atoms with van der Waals surface area (Å²) in [6.45, 7) is 4.12. The summed E-state index contributed by atoms with van der Waals surface area (Å²) in [5.41, 5.74) is 1.01. The predicted octanol–water partition coefficient (Wildman–Crippen LogP) is 2.43. The fourth-order valence-corrected chi connectivity index (χ4v) is 1.19. The molecule has 92 valence electrons. The first kappa shape index (κ1) is 13.0. The summed E-state index contributed by atoms with van der Waals surface area (Å²) in [6, 6.07) is 6.39. The monoisotopic (exact) mass is 237 g/mol. The summed E-state index contributed by atoms with van der Waals surface area (Å²) in [5.74, 6) is -0.379. The number of hydrogen-bond donors (Lipinski definition) is 1. The molecule has 0 fully saturated rings. The van der Waals surface area contributed by atoms with E-state index in [-0.39, 0.29) is 5.97 Å². The molecule has 1 aromatic rings. The van der Waals surface area contributed by atoms with Gasteiger partial charge in [0, 0.05) is 5.69 Å². The highest BCUT2D eigenvalue weighted by Gasteiger charge is 2.06. The summed E-state index contributed by atoms with van der Waals surface area (Å²) >= 11 is 0. The fourth-order valence-electron chi connectivity index (χ4n) is 1.19. The zero-order valence-corrected chi connectivity index (χ0v) is 9.86. The Morgan fingerprint density at radius 2 is 1.65 bits per heavy atom. The molecule has 1 aromatic carbocycles. The third-order valence-corrected chi connectivity index (χ3v) is 1.92. The Balaban J connectivity index is 2.61. The van der Waals surface area contributed by atoms with Gasteiger partial charge < -0.3 is 9.47 Å². The number of anilines is 1. The van der Waals surface area contributed by atoms with Crippen LogP contribution < -0.4 is 5.32 Å². The first-order valence-corrected chi connectivity index (χ1v) is 5.38. The second kappa shape index (κ2) is 6.52. The van der Waals surface area contributed by atoms with Gasteiger partial charge >= 0.3 is 12.1 Å². The van der Waals surface area contributed by atoms with Gasteiger partial charge in [-0.3, -0.25) is 5.32 Å². The van der Waals surface area contributed by atoms with Crippen molar-refractivity contribution < 1.29 is 19.1 Å². The SMILES string of the molecule is CCOC(=O)Nc1ccc(C(=O)OCC)cc1. The first-order valence-electron chi connectivity index (χ1n) is 5.38. The number of nitrogens with one attached hydrogen (secondary N) is 1. The number of benzene rings is 1. The van der Waals surface area contributed by atoms with E-state index < -0.39 is 6.09 Å². The summed E-state index contributed by atoms with van der Waals surface area (Å²) in [6.07, 6.45) is -0.517. The molecule has 0 heterocycles. The lowest BCUT2D eigenvalue weighted by molar-refractivity contribution is 0.0526. The molecule has 0 saturated heterocycles. The molecule has 17 heavy (non-hydrogen) atoms. The van der Waals surface area contributed by atoms with Crippen LogP contribution in [-0.4, -0.2) is 25.3 Å². The van der Waals surface area contributed by atoms with E-state index in [1.807, 2.05) is 0 Å². The van der Waals surface area contributed by atoms with Crippen LogP contribution in [0.2, 0.25) is 0 Å². The molecule has 0 radical (unpaired) electrons. The van der Waals surface area contributed by atoms with Crippen molar-refractivity contribution in [2.24, 2.45) is 0 Å². The molecule has 5 nitrogen and oxygen atoms in total. The minimum atomic E-state index is -0.517. The van der Waals surface area contributed by atoms with Gasteiger partial charge in [0.1, 0.15) is 0 Å². The Hall–Kier alpha value is -2.04. The number of ether oxygens (including phenoxy) is 2. The number of amides is 1. The summed E-state index contributed by atoms with van der Waals surface area (Å²) < 4.78 is 9.56. The van der Waals surface area contributed by atoms with E-state index in [9.17, 15) is 9.59 Å². The second-order valence-corrected chi connectivity index (χ2v) is 3.14. The van der Waals surface area contributed by atoms with E-state index in [1.54, 1.807) is 38.1 Å². The normalized spacial score (nSPS) is 9.53. The predicted molar refractivity (Wildman–Crippen MR) is 63.0 cm³/mol. The zero-order chi connectivity index (χ0) is 12.7. The fraction of sp³-hybridized carbons (Fsp3) is 0.333. The quantitative estimate of drug-likeness (QED) is 0.817. The second-order valence-electron chi connectivity index (χ2n) is 3.14. The molecule has 1 amide bonds. The highest BCUT2D eigenvalue weighted by Crippen LogP contribution is 2.10. The van der Waals surface area contributed by atoms with E-state index in [2.05, 4.69) is 5.32 Å². The minimum absolute atomic E-state index is 0.312. The van der Waals surface area contributed by atoms with Crippen molar-refractivity contribution in [3.05, 3.63) is 29.8 Å². The van der Waals surface area contributed by atoms with Crippen LogP contribution in [0.15, 0.2) is 24.3 Å². The lowest BCUT2D eigenvalue weighted by Crippen LogP contribution is -2.13. The van der Waals surface area contributed by atoms with Gasteiger partial charge in [0.2, 0.25) is 0 Å². The standard InChI is InChI=1S/C12H15NO4/c1-3-16-11(14)9-5-7-10(8-6-9)13-12(15)17-4-2/h5-8H,3-4H2,1-2H3,(H,13,15). The smallest absolute Gasteiger partial charge is 0.411 e. The average molecular weight is 237 g/mol. The number of hydrogen-bond acceptors (Lipinski definition) is 4. The van der Waals surface area contributed by atoms with Crippen LogP contribution in [-0.2, 0) is 9.47 Å². The summed E-state index contributed by atoms with van der Waals surface area (Å²) in [4.78, 5) is 22.5. The Morgan fingerprint density at radius 3 is 2.18 bits per heavy atom. The molecule has 0 aliphatic heterocycles. The molecular formula is C12H15NO4. The Labute approximate surface area is 99.7 Å². The van der Waals surface area contributed by atoms with Gasteiger partial charge in [0.05, 0.1) is 18.8 Å². The molecule has 1 N–H and O–H groups in total. The van der Waals surface area contributed by atoms with E-state index in [0.29, 0.717) is 24.5 Å². The van der Waals surface area contributed by atoms with E-state index >= 15 is 0 Å². The highest BCUT2D eigenvalue weighted by atomic mass is 16.5. The largest absolute Gasteiger partial charge is 0.462 e. The van der Waals surface area contributed by atoms with E-state index in [4.69, 9.17) is 9.47 Å². The Morgan fingerprint density at radius 1 is 1.06 bits per heavy atom. The van der Waals surface area contributed by atoms with Crippen molar-refractivity contribution in [2.45, 2.75) is 13.8 Å². The number of carbonyl (C=O) groups excluding carboxylic acids is 2. The molecule has 0 aliphatic carbocycles. The van der Waals surface area contributed by atoms with Crippen LogP contribution in [0.4, 0.5) is 10.5 Å². The molecule has 0 unspecified atom stereocenters. The number of esters is 1. The average Bonchev–Trinajstić information content (AvgIpc) is 2.30. The molecule has 0 spiro atoms. The van der Waals surface area contributed by atoms with Crippen molar-refractivity contribution in [2.75, 3.05) is 18.5 Å². The molecule has 0 atom stereocenters. The van der Waals surface area contributed by atoms with Gasteiger partial charge in [0.25, 0.3) is 0 Å². The van der Waals surface area contributed by atoms with Gasteiger partial charge in [-0.05, 0) is 38.1 Å². The first-order chi connectivity index (χ1) is 8.17. The van der Waals surface area contributed by atoms with Crippen molar-refractivity contribution in [3.63, 3.8) is 0 Å². The van der Waals surface area contributed by atoms with Crippen LogP contribution in [0.25, 0.3) is 0 Å². The molecule has 1 rings (SSSR count). The zero-order valence-electron chi connectivity index (χ0n) is 9.86. The van der Waals surface area contributed by atoms with Crippen molar-refractivity contribution in [1.29, 1.82) is 0 Å². The van der Waals surface area contributed by atoms with Crippen LogP contribution in [0, 0.1) is 0 Å². The van der Waals surface area contributed by atoms with Gasteiger partial charge in [-0.1, -0.05) is 0 Å². The highest BCUT2D eigenvalue weighted by molar-refractivity contribution is 5.91. The van der Waals surface area contributed by atoms with Crippen molar-refractivity contribution >= 4 is 17.7 Å². The Kier molecular flexibility index (Phi) is 5.00. The lowest BCUT2D eigenvalue weighted by Gasteiger charge is -2.06. The summed E-state index contributed by atoms with van der Waals surface area (Å²) in [7, 11) is 0. The van der Waals surface area contributed by atoms with Gasteiger partial charge in [0.15, 0.2) is 0 Å². The lowest BCUT2D eigenvalue weighted by atomic mass is 10.2. The Bertz CT molecular complexity index is 386. The van der Waals surface area contributed by atoms with Crippen LogP contribution in [0.3, 0.4) is 0 Å². The van der Waals surface area contributed by atoms with Crippen LogP contribution in [0.1, 0.15) is 24.2 Å². The molecule has 0 aliphatic rings. The van der Waals surface area contributed by atoms with Crippen molar-refractivity contribution in [1.82, 2.24) is 0 Å². The number of rotatable bonds is 4. The molecule has 0 saturated carbocycles. The van der Waals surface area contributed by atoms with Gasteiger partial charge in [-0.2, -0.15) is 0 Å². The number of carbonyl (C=O) groups is 2. The minimum Gasteiger partial charge on any atom is -0.462 e. The van der Waals surface area contributed by atoms with E-state index in [0.717, 1.165) is 0 Å². The summed E-state index contributed by atoms with van der Waals surface area (Å²) in [5, 5.41) is 2.53. The third-order valence-electron chi connectivity index (χ3n) is 1.92. The molecule has 5 heteroatoms. The molecule has 0 bridgehead atoms. The molecule has 0 aromatic heterocycles. The van der Waals surface area contributed by atoms with Crippen molar-refractivity contribution in [3.8, 4) is 0 Å². The molecular weight excluding hydrogens is 222 g/mol. The third kappa shape index (κ3) is 4.14. The van der Waals surface area contributed by atoms with Gasteiger partial charge in [-0.15, -0.1) is 0 Å². The van der Waals surface area contributed by atoms with E-state index in [1.165, 1.54) is 0 Å². The maximum Gasteiger partial charge on any atom is 0.411 e.